The molecule has 0 aromatic rings. The quantitative estimate of drug-likeness (QED) is 0.467. The van der Waals surface area contributed by atoms with E-state index < -0.39 is 6.16 Å². The van der Waals surface area contributed by atoms with Gasteiger partial charge in [0.25, 0.3) is 0 Å². The van der Waals surface area contributed by atoms with Crippen molar-refractivity contribution < 1.29 is 14.5 Å². The van der Waals surface area contributed by atoms with E-state index in [0.717, 1.165) is 0 Å². The van der Waals surface area contributed by atoms with Gasteiger partial charge in [-0.1, -0.05) is 0 Å². The summed E-state index contributed by atoms with van der Waals surface area (Å²) in [7, 11) is 0. The van der Waals surface area contributed by atoms with Crippen LogP contribution in [0.3, 0.4) is 0 Å². The number of hydroxylamine groups is 2. The second-order valence-electron chi connectivity index (χ2n) is 1.82. The third-order valence-corrected chi connectivity index (χ3v) is 0.888. The first-order valence-electron chi connectivity index (χ1n) is 2.65. The number of nitrogens with one attached hydrogen (secondary N) is 2. The van der Waals surface area contributed by atoms with Crippen LogP contribution in [-0.4, -0.2) is 18.7 Å². The summed E-state index contributed by atoms with van der Waals surface area (Å²) >= 11 is 0. The lowest BCUT2D eigenvalue weighted by atomic mass is 10.4. The third kappa shape index (κ3) is 1.87. The van der Waals surface area contributed by atoms with Gasteiger partial charge in [0.2, 0.25) is 0 Å². The van der Waals surface area contributed by atoms with Crippen molar-refractivity contribution in [3.8, 4) is 0 Å². The number of hydrogen-bond donors (Lipinski definition) is 2. The monoisotopic (exact) mass is 132 g/mol. The van der Waals surface area contributed by atoms with Gasteiger partial charge in [0.15, 0.2) is 0 Å². The zero-order valence-electron chi connectivity index (χ0n) is 5.01. The number of rotatable bonds is 0. The summed E-state index contributed by atoms with van der Waals surface area (Å²) in [6.45, 7) is 2.40. The fourth-order valence-corrected chi connectivity index (χ4v) is 0.437. The van der Waals surface area contributed by atoms with Crippen LogP contribution in [0.4, 0.5) is 4.79 Å². The van der Waals surface area contributed by atoms with Crippen LogP contribution in [-0.2, 0) is 9.68 Å². The smallest absolute Gasteiger partial charge is 0.337 e. The molecule has 0 bridgehead atoms. The summed E-state index contributed by atoms with van der Waals surface area (Å²) in [5.41, 5.74) is 4.87. The molecule has 0 saturated carbocycles. The van der Waals surface area contributed by atoms with Crippen molar-refractivity contribution in [2.75, 3.05) is 6.54 Å². The predicted octanol–water partition coefficient (Wildman–Crippen LogP) is -0.449. The number of carbonyl (C=O) groups is 1. The lowest BCUT2D eigenvalue weighted by Gasteiger charge is -2.02. The molecule has 0 aromatic heterocycles. The van der Waals surface area contributed by atoms with Gasteiger partial charge < -0.3 is 9.68 Å². The normalized spacial score (nSPS) is 28.1. The minimum absolute atomic E-state index is 0.0800. The highest BCUT2D eigenvalue weighted by atomic mass is 16.9. The van der Waals surface area contributed by atoms with Crippen LogP contribution in [0.1, 0.15) is 6.92 Å². The first-order valence-corrected chi connectivity index (χ1v) is 2.65. The number of hydrogen-bond acceptors (Lipinski definition) is 5. The second-order valence-corrected chi connectivity index (χ2v) is 1.82. The Kier molecular flexibility index (Phi) is 1.86. The van der Waals surface area contributed by atoms with Gasteiger partial charge in [-0.3, -0.25) is 0 Å². The van der Waals surface area contributed by atoms with Crippen LogP contribution in [0.2, 0.25) is 0 Å². The Hall–Kier alpha value is -0.810. The van der Waals surface area contributed by atoms with Gasteiger partial charge >= 0.3 is 6.16 Å². The maximum absolute atomic E-state index is 10.3. The Labute approximate surface area is 52.2 Å². The summed E-state index contributed by atoms with van der Waals surface area (Å²) < 4.78 is 0. The Morgan fingerprint density at radius 3 is 3.22 bits per heavy atom. The van der Waals surface area contributed by atoms with E-state index in [2.05, 4.69) is 20.6 Å². The molecule has 0 aromatic carbocycles. The lowest BCUT2D eigenvalue weighted by molar-refractivity contribution is 0.0100. The first-order chi connectivity index (χ1) is 4.29. The van der Waals surface area contributed by atoms with Gasteiger partial charge in [-0.15, -0.1) is 11.0 Å². The SMILES string of the molecule is CC1CNOC(=O)ON1. The van der Waals surface area contributed by atoms with Crippen LogP contribution < -0.4 is 11.0 Å². The molecule has 52 valence electrons. The molecule has 1 unspecified atom stereocenters. The molecule has 9 heavy (non-hydrogen) atoms. The zero-order chi connectivity index (χ0) is 6.69. The summed E-state index contributed by atoms with van der Waals surface area (Å²) in [5.74, 6) is 0. The molecule has 5 heteroatoms. The summed E-state index contributed by atoms with van der Waals surface area (Å²) in [4.78, 5) is 18.9. The minimum atomic E-state index is -0.751. The van der Waals surface area contributed by atoms with Crippen molar-refractivity contribution in [3.05, 3.63) is 0 Å². The average molecular weight is 132 g/mol. The van der Waals surface area contributed by atoms with E-state index in [1.54, 1.807) is 0 Å². The lowest BCUT2D eigenvalue weighted by Crippen LogP contribution is -2.30. The van der Waals surface area contributed by atoms with Crippen LogP contribution in [0, 0.1) is 0 Å². The van der Waals surface area contributed by atoms with Gasteiger partial charge in [0, 0.05) is 0 Å². The van der Waals surface area contributed by atoms with Crippen molar-refractivity contribution in [2.24, 2.45) is 0 Å². The van der Waals surface area contributed by atoms with Gasteiger partial charge in [-0.2, -0.15) is 4.79 Å². The maximum Gasteiger partial charge on any atom is 0.547 e. The third-order valence-electron chi connectivity index (χ3n) is 0.888. The molecule has 1 rings (SSSR count). The fourth-order valence-electron chi connectivity index (χ4n) is 0.437. The number of carbonyl (C=O) groups excluding carboxylic acids is 1. The van der Waals surface area contributed by atoms with Crippen molar-refractivity contribution in [1.82, 2.24) is 11.0 Å². The van der Waals surface area contributed by atoms with Crippen LogP contribution in [0.5, 0.6) is 0 Å². The summed E-state index contributed by atoms with van der Waals surface area (Å²) in [6.07, 6.45) is -0.751. The molecule has 5 nitrogen and oxygen atoms in total. The largest absolute Gasteiger partial charge is 0.547 e. The first kappa shape index (κ1) is 6.31. The van der Waals surface area contributed by atoms with Gasteiger partial charge in [-0.05, 0) is 6.92 Å². The van der Waals surface area contributed by atoms with E-state index in [4.69, 9.17) is 0 Å². The molecule has 1 atom stereocenters. The highest BCUT2D eigenvalue weighted by Gasteiger charge is 2.12. The fraction of sp³-hybridized carbons (Fsp3) is 0.750. The Balaban J connectivity index is 2.34. The molecular weight excluding hydrogens is 124 g/mol. The molecule has 0 aliphatic carbocycles. The molecule has 1 aliphatic heterocycles. The van der Waals surface area contributed by atoms with Crippen LogP contribution >= 0.6 is 0 Å². The van der Waals surface area contributed by atoms with E-state index in [0.29, 0.717) is 6.54 Å². The molecule has 1 aliphatic rings. The molecule has 0 radical (unpaired) electrons. The second kappa shape index (κ2) is 2.65. The van der Waals surface area contributed by atoms with Gasteiger partial charge in [-0.25, -0.2) is 0 Å². The van der Waals surface area contributed by atoms with Crippen molar-refractivity contribution in [2.45, 2.75) is 13.0 Å². The highest BCUT2D eigenvalue weighted by Crippen LogP contribution is 1.87. The zero-order valence-corrected chi connectivity index (χ0v) is 5.01. The molecule has 2 N–H and O–H groups in total. The highest BCUT2D eigenvalue weighted by molar-refractivity contribution is 5.59. The molecule has 1 saturated heterocycles. The summed E-state index contributed by atoms with van der Waals surface area (Å²) in [5, 5.41) is 0. The Bertz CT molecular complexity index is 116. The predicted molar refractivity (Wildman–Crippen MR) is 28.2 cm³/mol. The Morgan fingerprint density at radius 1 is 1.67 bits per heavy atom. The Morgan fingerprint density at radius 2 is 2.44 bits per heavy atom. The molecular formula is C4H8N2O3. The topological polar surface area (TPSA) is 59.6 Å². The average Bonchev–Trinajstić information content (AvgIpc) is 1.97. The van der Waals surface area contributed by atoms with E-state index in [1.807, 2.05) is 6.92 Å². The van der Waals surface area contributed by atoms with E-state index >= 15 is 0 Å². The van der Waals surface area contributed by atoms with Crippen molar-refractivity contribution in [1.29, 1.82) is 0 Å². The van der Waals surface area contributed by atoms with E-state index in [-0.39, 0.29) is 6.04 Å². The standard InChI is InChI=1S/C4H8N2O3/c1-3-2-5-8-4(7)9-6-3/h3,5-6H,2H2,1H3. The molecule has 1 heterocycles. The summed E-state index contributed by atoms with van der Waals surface area (Å²) in [6, 6.07) is 0.0800. The van der Waals surface area contributed by atoms with Gasteiger partial charge in [0.05, 0.1) is 12.6 Å². The van der Waals surface area contributed by atoms with Crippen LogP contribution in [0.25, 0.3) is 0 Å². The van der Waals surface area contributed by atoms with Gasteiger partial charge in [0.1, 0.15) is 0 Å². The molecule has 0 amide bonds. The van der Waals surface area contributed by atoms with Crippen molar-refractivity contribution >= 4 is 6.16 Å². The minimum Gasteiger partial charge on any atom is -0.337 e. The van der Waals surface area contributed by atoms with Crippen LogP contribution in [0.15, 0.2) is 0 Å². The molecule has 0 spiro atoms. The van der Waals surface area contributed by atoms with E-state index in [1.165, 1.54) is 0 Å². The molecule has 1 fully saturated rings. The van der Waals surface area contributed by atoms with E-state index in [9.17, 15) is 4.79 Å². The van der Waals surface area contributed by atoms with Crippen molar-refractivity contribution in [3.63, 3.8) is 0 Å². The maximum atomic E-state index is 10.3.